The van der Waals surface area contributed by atoms with Crippen molar-refractivity contribution in [3.63, 3.8) is 0 Å². The second-order valence-electron chi connectivity index (χ2n) is 6.38. The van der Waals surface area contributed by atoms with Crippen LogP contribution in [0, 0.1) is 0 Å². The summed E-state index contributed by atoms with van der Waals surface area (Å²) in [5.74, 6) is -1.66. The molecular formula is C21H19BrF3N3O5. The smallest absolute Gasteiger partial charge is 0.416 e. The third-order valence-electron chi connectivity index (χ3n) is 3.80. The maximum Gasteiger partial charge on any atom is 0.416 e. The van der Waals surface area contributed by atoms with Crippen molar-refractivity contribution in [3.05, 3.63) is 58.1 Å². The zero-order valence-corrected chi connectivity index (χ0v) is 18.8. The largest absolute Gasteiger partial charge is 0.481 e. The molecule has 0 heterocycles. The molecule has 2 N–H and O–H groups in total. The van der Waals surface area contributed by atoms with E-state index < -0.39 is 35.9 Å². The zero-order valence-electron chi connectivity index (χ0n) is 17.2. The highest BCUT2D eigenvalue weighted by Crippen LogP contribution is 2.30. The van der Waals surface area contributed by atoms with Crippen LogP contribution in [0.3, 0.4) is 0 Å². The Balaban J connectivity index is 1.84. The first-order valence-corrected chi connectivity index (χ1v) is 10.2. The van der Waals surface area contributed by atoms with Crippen LogP contribution in [0.25, 0.3) is 0 Å². The Morgan fingerprint density at radius 1 is 1.12 bits per heavy atom. The summed E-state index contributed by atoms with van der Waals surface area (Å²) in [4.78, 5) is 35.1. The molecule has 0 radical (unpaired) electrons. The second-order valence-corrected chi connectivity index (χ2v) is 7.23. The molecule has 0 aliphatic heterocycles. The normalized spacial score (nSPS) is 11.2. The number of benzene rings is 2. The molecule has 0 spiro atoms. The van der Waals surface area contributed by atoms with Crippen LogP contribution in [0.5, 0.6) is 5.75 Å². The van der Waals surface area contributed by atoms with Crippen molar-refractivity contribution >= 4 is 45.6 Å². The van der Waals surface area contributed by atoms with E-state index in [1.807, 2.05) is 0 Å². The average molecular weight is 530 g/mol. The summed E-state index contributed by atoms with van der Waals surface area (Å²) in [6, 6.07) is 8.88. The van der Waals surface area contributed by atoms with E-state index in [4.69, 9.17) is 9.47 Å². The number of nitrogens with zero attached hydrogens (tertiary/aromatic N) is 1. The average Bonchev–Trinajstić information content (AvgIpc) is 2.73. The molecule has 2 rings (SSSR count). The van der Waals surface area contributed by atoms with E-state index in [0.29, 0.717) is 15.8 Å². The molecule has 2 amide bonds. The van der Waals surface area contributed by atoms with Gasteiger partial charge in [-0.15, -0.1) is 0 Å². The second kappa shape index (κ2) is 12.0. The molecule has 0 aliphatic carbocycles. The van der Waals surface area contributed by atoms with Crippen LogP contribution >= 0.6 is 15.9 Å². The number of alkyl halides is 3. The molecule has 0 aromatic heterocycles. The summed E-state index contributed by atoms with van der Waals surface area (Å²) in [5.41, 5.74) is 1.72. The van der Waals surface area contributed by atoms with Crippen LogP contribution in [0.15, 0.2) is 52.0 Å². The maximum atomic E-state index is 12.7. The monoisotopic (exact) mass is 529 g/mol. The highest BCUT2D eigenvalue weighted by molar-refractivity contribution is 9.10. The predicted molar refractivity (Wildman–Crippen MR) is 117 cm³/mol. The number of hydrogen-bond donors (Lipinski definition) is 2. The van der Waals surface area contributed by atoms with Gasteiger partial charge in [-0.05, 0) is 64.8 Å². The van der Waals surface area contributed by atoms with Crippen LogP contribution in [0.4, 0.5) is 18.9 Å². The zero-order chi connectivity index (χ0) is 24.4. The van der Waals surface area contributed by atoms with Gasteiger partial charge >= 0.3 is 12.1 Å². The molecular weight excluding hydrogens is 511 g/mol. The topological polar surface area (TPSA) is 106 Å². The molecule has 0 aliphatic rings. The number of anilines is 1. The molecule has 0 bridgehead atoms. The van der Waals surface area contributed by atoms with Crippen molar-refractivity contribution in [2.75, 3.05) is 18.5 Å². The van der Waals surface area contributed by atoms with Crippen LogP contribution in [0.2, 0.25) is 0 Å². The van der Waals surface area contributed by atoms with Gasteiger partial charge in [0, 0.05) is 5.69 Å². The first-order valence-electron chi connectivity index (χ1n) is 9.45. The van der Waals surface area contributed by atoms with E-state index >= 15 is 0 Å². The summed E-state index contributed by atoms with van der Waals surface area (Å²) < 4.78 is 48.8. The van der Waals surface area contributed by atoms with Gasteiger partial charge in [0.15, 0.2) is 6.61 Å². The van der Waals surface area contributed by atoms with Gasteiger partial charge in [-0.1, -0.05) is 6.07 Å². The van der Waals surface area contributed by atoms with Gasteiger partial charge in [0.25, 0.3) is 0 Å². The minimum absolute atomic E-state index is 0.0822. The predicted octanol–water partition coefficient (Wildman–Crippen LogP) is 3.89. The Morgan fingerprint density at radius 2 is 1.88 bits per heavy atom. The number of carbonyl (C=O) groups excluding carboxylic acids is 3. The summed E-state index contributed by atoms with van der Waals surface area (Å²) in [5, 5.41) is 5.96. The summed E-state index contributed by atoms with van der Waals surface area (Å²) in [7, 11) is 0. The number of nitrogens with one attached hydrogen (secondary N) is 2. The Bertz CT molecular complexity index is 1040. The van der Waals surface area contributed by atoms with E-state index in [1.54, 1.807) is 25.1 Å². The number of amides is 2. The van der Waals surface area contributed by atoms with Crippen molar-refractivity contribution in [1.82, 2.24) is 5.43 Å². The van der Waals surface area contributed by atoms with Crippen molar-refractivity contribution in [2.24, 2.45) is 5.10 Å². The van der Waals surface area contributed by atoms with E-state index in [2.05, 4.69) is 31.8 Å². The van der Waals surface area contributed by atoms with E-state index in [1.165, 1.54) is 12.3 Å². The standard InChI is InChI=1S/C21H19BrF3N3O5/c1-2-32-20(31)12-33-17-7-6-13(8-16(17)22)11-26-28-19(30)10-18(29)27-15-5-3-4-14(9-15)21(23,24)25/h3-9,11H,2,10,12H2,1H3,(H,27,29)(H,28,30). The highest BCUT2D eigenvalue weighted by atomic mass is 79.9. The van der Waals surface area contributed by atoms with Gasteiger partial charge in [0.1, 0.15) is 12.2 Å². The number of ether oxygens (including phenoxy) is 2. The maximum absolute atomic E-state index is 12.7. The Labute approximate surface area is 195 Å². The first kappa shape index (κ1) is 25.8. The number of halogens is 4. The van der Waals surface area contributed by atoms with Crippen LogP contribution < -0.4 is 15.5 Å². The Kier molecular flexibility index (Phi) is 9.40. The van der Waals surface area contributed by atoms with Crippen LogP contribution in [-0.4, -0.2) is 37.2 Å². The fourth-order valence-corrected chi connectivity index (χ4v) is 2.91. The van der Waals surface area contributed by atoms with E-state index in [-0.39, 0.29) is 18.9 Å². The molecule has 0 fully saturated rings. The van der Waals surface area contributed by atoms with Gasteiger partial charge in [0.05, 0.1) is 22.9 Å². The number of esters is 1. The lowest BCUT2D eigenvalue weighted by Crippen LogP contribution is -2.24. The van der Waals surface area contributed by atoms with Crippen molar-refractivity contribution in [3.8, 4) is 5.75 Å². The van der Waals surface area contributed by atoms with E-state index in [9.17, 15) is 27.6 Å². The lowest BCUT2D eigenvalue weighted by atomic mass is 10.2. The van der Waals surface area contributed by atoms with Crippen molar-refractivity contribution < 1.29 is 37.0 Å². The van der Waals surface area contributed by atoms with Crippen molar-refractivity contribution in [2.45, 2.75) is 19.5 Å². The number of hydrogen-bond acceptors (Lipinski definition) is 6. The minimum Gasteiger partial charge on any atom is -0.481 e. The molecule has 0 saturated heterocycles. The fourth-order valence-electron chi connectivity index (χ4n) is 2.40. The molecule has 0 saturated carbocycles. The molecule has 0 atom stereocenters. The molecule has 33 heavy (non-hydrogen) atoms. The van der Waals surface area contributed by atoms with Gasteiger partial charge in [-0.25, -0.2) is 10.2 Å². The van der Waals surface area contributed by atoms with Gasteiger partial charge < -0.3 is 14.8 Å². The van der Waals surface area contributed by atoms with Crippen LogP contribution in [0.1, 0.15) is 24.5 Å². The van der Waals surface area contributed by atoms with Gasteiger partial charge in [-0.3, -0.25) is 9.59 Å². The minimum atomic E-state index is -4.55. The molecule has 0 unspecified atom stereocenters. The quantitative estimate of drug-likeness (QED) is 0.222. The molecule has 2 aromatic carbocycles. The molecule has 12 heteroatoms. The van der Waals surface area contributed by atoms with Gasteiger partial charge in [-0.2, -0.15) is 18.3 Å². The molecule has 176 valence electrons. The summed E-state index contributed by atoms with van der Waals surface area (Å²) in [6.07, 6.45) is -3.88. The Morgan fingerprint density at radius 3 is 2.55 bits per heavy atom. The molecule has 8 nitrogen and oxygen atoms in total. The third kappa shape index (κ3) is 8.93. The summed E-state index contributed by atoms with van der Waals surface area (Å²) in [6.45, 7) is 1.68. The van der Waals surface area contributed by atoms with E-state index in [0.717, 1.165) is 18.2 Å². The number of carbonyl (C=O) groups is 3. The fraction of sp³-hybridized carbons (Fsp3) is 0.238. The number of rotatable bonds is 9. The van der Waals surface area contributed by atoms with Gasteiger partial charge in [0.2, 0.25) is 11.8 Å². The number of hydrazone groups is 1. The highest BCUT2D eigenvalue weighted by Gasteiger charge is 2.30. The first-order chi connectivity index (χ1) is 15.6. The lowest BCUT2D eigenvalue weighted by Gasteiger charge is -2.09. The SMILES string of the molecule is CCOC(=O)COc1ccc(C=NNC(=O)CC(=O)Nc2cccc(C(F)(F)F)c2)cc1Br. The Hall–Kier alpha value is -3.41. The van der Waals surface area contributed by atoms with Crippen LogP contribution in [-0.2, 0) is 25.3 Å². The third-order valence-corrected chi connectivity index (χ3v) is 4.42. The lowest BCUT2D eigenvalue weighted by molar-refractivity contribution is -0.145. The summed E-state index contributed by atoms with van der Waals surface area (Å²) >= 11 is 3.29. The molecule has 2 aromatic rings. The van der Waals surface area contributed by atoms with Crippen molar-refractivity contribution in [1.29, 1.82) is 0 Å².